The molecule has 0 aromatic carbocycles. The molecule has 1 amide bonds. The molecule has 3 atom stereocenters. The Hall–Kier alpha value is -0.830. The third-order valence-corrected chi connectivity index (χ3v) is 3.17. The number of hydrogen-bond donors (Lipinski definition) is 1. The van der Waals surface area contributed by atoms with E-state index in [0.29, 0.717) is 18.0 Å². The Morgan fingerprint density at radius 1 is 1.46 bits per heavy atom. The van der Waals surface area contributed by atoms with Crippen LogP contribution >= 0.6 is 0 Å². The Morgan fingerprint density at radius 3 is 2.92 bits per heavy atom. The highest BCUT2D eigenvalue weighted by molar-refractivity contribution is 5.87. The zero-order chi connectivity index (χ0) is 9.42. The molecule has 1 aliphatic carbocycles. The van der Waals surface area contributed by atoms with Gasteiger partial charge in [-0.25, -0.2) is 0 Å². The normalized spacial score (nSPS) is 37.6. The number of amides is 1. The van der Waals surface area contributed by atoms with E-state index in [1.54, 1.807) is 0 Å². The van der Waals surface area contributed by atoms with E-state index in [4.69, 9.17) is 5.73 Å². The molecule has 72 valence electrons. The standard InChI is InChI=1S/C10H16N2O/c1-2-10(13)12-6-7-3-8(11)5-9(12)4-7/h2,7-9H,1,3-6,11H2. The van der Waals surface area contributed by atoms with Gasteiger partial charge in [-0.3, -0.25) is 4.79 Å². The molecule has 13 heavy (non-hydrogen) atoms. The topological polar surface area (TPSA) is 46.3 Å². The highest BCUT2D eigenvalue weighted by Crippen LogP contribution is 2.34. The second-order valence-electron chi connectivity index (χ2n) is 4.18. The summed E-state index contributed by atoms with van der Waals surface area (Å²) in [5.74, 6) is 0.708. The van der Waals surface area contributed by atoms with Crippen molar-refractivity contribution in [3.05, 3.63) is 12.7 Å². The van der Waals surface area contributed by atoms with Gasteiger partial charge in [0, 0.05) is 18.6 Å². The summed E-state index contributed by atoms with van der Waals surface area (Å²) in [6.07, 6.45) is 4.60. The van der Waals surface area contributed by atoms with Crippen LogP contribution in [0, 0.1) is 5.92 Å². The maximum Gasteiger partial charge on any atom is 0.246 e. The number of carbonyl (C=O) groups excluding carboxylic acids is 1. The molecule has 2 aliphatic rings. The van der Waals surface area contributed by atoms with Crippen LogP contribution < -0.4 is 5.73 Å². The van der Waals surface area contributed by atoms with Gasteiger partial charge in [0.2, 0.25) is 5.91 Å². The van der Waals surface area contributed by atoms with Crippen LogP contribution in [-0.2, 0) is 4.79 Å². The van der Waals surface area contributed by atoms with Gasteiger partial charge < -0.3 is 10.6 Å². The van der Waals surface area contributed by atoms with Gasteiger partial charge >= 0.3 is 0 Å². The zero-order valence-electron chi connectivity index (χ0n) is 7.78. The van der Waals surface area contributed by atoms with Crippen LogP contribution in [0.25, 0.3) is 0 Å². The number of rotatable bonds is 1. The van der Waals surface area contributed by atoms with Crippen molar-refractivity contribution in [2.24, 2.45) is 11.7 Å². The van der Waals surface area contributed by atoms with Crippen molar-refractivity contribution in [2.75, 3.05) is 6.54 Å². The molecule has 3 nitrogen and oxygen atoms in total. The van der Waals surface area contributed by atoms with Crippen LogP contribution in [0.5, 0.6) is 0 Å². The van der Waals surface area contributed by atoms with Crippen molar-refractivity contribution >= 4 is 5.91 Å². The van der Waals surface area contributed by atoms with E-state index in [1.807, 2.05) is 4.90 Å². The van der Waals surface area contributed by atoms with Crippen LogP contribution in [0.1, 0.15) is 19.3 Å². The Morgan fingerprint density at radius 2 is 2.23 bits per heavy atom. The minimum absolute atomic E-state index is 0.0709. The molecule has 0 aromatic rings. The maximum atomic E-state index is 11.4. The average Bonchev–Trinajstić information content (AvgIpc) is 2.40. The molecule has 0 radical (unpaired) electrons. The molecule has 1 aliphatic heterocycles. The summed E-state index contributed by atoms with van der Waals surface area (Å²) < 4.78 is 0. The largest absolute Gasteiger partial charge is 0.336 e. The number of nitrogens with zero attached hydrogens (tertiary/aromatic N) is 1. The molecule has 3 unspecified atom stereocenters. The van der Waals surface area contributed by atoms with E-state index in [2.05, 4.69) is 6.58 Å². The second-order valence-corrected chi connectivity index (χ2v) is 4.18. The molecule has 2 rings (SSSR count). The molecule has 2 fully saturated rings. The van der Waals surface area contributed by atoms with Gasteiger partial charge in [-0.15, -0.1) is 0 Å². The Bertz CT molecular complexity index is 239. The van der Waals surface area contributed by atoms with Gasteiger partial charge in [0.05, 0.1) is 0 Å². The van der Waals surface area contributed by atoms with Crippen molar-refractivity contribution in [3.8, 4) is 0 Å². The Balaban J connectivity index is 2.09. The van der Waals surface area contributed by atoms with Crippen LogP contribution in [0.15, 0.2) is 12.7 Å². The smallest absolute Gasteiger partial charge is 0.246 e. The van der Waals surface area contributed by atoms with Gasteiger partial charge in [0.15, 0.2) is 0 Å². The first-order valence-electron chi connectivity index (χ1n) is 4.89. The maximum absolute atomic E-state index is 11.4. The number of nitrogens with two attached hydrogens (primary N) is 1. The lowest BCUT2D eigenvalue weighted by Gasteiger charge is -2.26. The van der Waals surface area contributed by atoms with Gasteiger partial charge in [-0.05, 0) is 31.3 Å². The fourth-order valence-corrected chi connectivity index (χ4v) is 2.67. The summed E-state index contributed by atoms with van der Waals surface area (Å²) in [5.41, 5.74) is 5.90. The highest BCUT2D eigenvalue weighted by Gasteiger charge is 2.39. The lowest BCUT2D eigenvalue weighted by atomic mass is 9.87. The molecule has 1 saturated heterocycles. The molecular weight excluding hydrogens is 164 g/mol. The summed E-state index contributed by atoms with van der Waals surface area (Å²) in [5, 5.41) is 0. The lowest BCUT2D eigenvalue weighted by molar-refractivity contribution is -0.126. The van der Waals surface area contributed by atoms with Crippen molar-refractivity contribution in [1.29, 1.82) is 0 Å². The molecule has 1 saturated carbocycles. The minimum Gasteiger partial charge on any atom is -0.336 e. The number of fused-ring (bicyclic) bond motifs is 2. The molecule has 3 heteroatoms. The van der Waals surface area contributed by atoms with E-state index in [0.717, 1.165) is 25.8 Å². The summed E-state index contributed by atoms with van der Waals surface area (Å²) >= 11 is 0. The van der Waals surface area contributed by atoms with Crippen LogP contribution in [0.2, 0.25) is 0 Å². The summed E-state index contributed by atoms with van der Waals surface area (Å²) in [6.45, 7) is 4.41. The predicted molar refractivity (Wildman–Crippen MR) is 51.0 cm³/mol. The first kappa shape index (κ1) is 8.75. The number of hydrogen-bond acceptors (Lipinski definition) is 2. The van der Waals surface area contributed by atoms with Crippen molar-refractivity contribution in [1.82, 2.24) is 4.90 Å². The quantitative estimate of drug-likeness (QED) is 0.598. The monoisotopic (exact) mass is 180 g/mol. The van der Waals surface area contributed by atoms with E-state index >= 15 is 0 Å². The van der Waals surface area contributed by atoms with Crippen LogP contribution in [-0.4, -0.2) is 29.4 Å². The van der Waals surface area contributed by atoms with Gasteiger partial charge in [-0.1, -0.05) is 6.58 Å². The Labute approximate surface area is 78.6 Å². The number of carbonyl (C=O) groups is 1. The second kappa shape index (κ2) is 3.14. The number of likely N-dealkylation sites (tertiary alicyclic amines) is 1. The van der Waals surface area contributed by atoms with E-state index < -0.39 is 0 Å². The molecule has 0 spiro atoms. The van der Waals surface area contributed by atoms with Gasteiger partial charge in [0.1, 0.15) is 0 Å². The van der Waals surface area contributed by atoms with Gasteiger partial charge in [0.25, 0.3) is 0 Å². The first-order chi connectivity index (χ1) is 6.20. The predicted octanol–water partition coefficient (Wildman–Crippen LogP) is 0.511. The molecular formula is C10H16N2O. The lowest BCUT2D eigenvalue weighted by Crippen LogP contribution is -2.38. The fraction of sp³-hybridized carbons (Fsp3) is 0.700. The summed E-state index contributed by atoms with van der Waals surface area (Å²) in [6, 6.07) is 0.686. The summed E-state index contributed by atoms with van der Waals surface area (Å²) in [7, 11) is 0. The first-order valence-corrected chi connectivity index (χ1v) is 4.89. The highest BCUT2D eigenvalue weighted by atomic mass is 16.2. The fourth-order valence-electron chi connectivity index (χ4n) is 2.67. The zero-order valence-corrected chi connectivity index (χ0v) is 7.78. The van der Waals surface area contributed by atoms with Crippen LogP contribution in [0.3, 0.4) is 0 Å². The van der Waals surface area contributed by atoms with Crippen molar-refractivity contribution < 1.29 is 4.79 Å². The van der Waals surface area contributed by atoms with E-state index in [1.165, 1.54) is 6.08 Å². The van der Waals surface area contributed by atoms with E-state index in [-0.39, 0.29) is 5.91 Å². The van der Waals surface area contributed by atoms with Crippen LogP contribution in [0.4, 0.5) is 0 Å². The van der Waals surface area contributed by atoms with Crippen molar-refractivity contribution in [3.63, 3.8) is 0 Å². The van der Waals surface area contributed by atoms with E-state index in [9.17, 15) is 4.79 Å². The molecule has 2 bridgehead atoms. The van der Waals surface area contributed by atoms with Gasteiger partial charge in [-0.2, -0.15) is 0 Å². The minimum atomic E-state index is 0.0709. The SMILES string of the molecule is C=CC(=O)N1CC2CC(N)CC1C2. The third-order valence-electron chi connectivity index (χ3n) is 3.17. The average molecular weight is 180 g/mol. The Kier molecular flexibility index (Phi) is 2.12. The van der Waals surface area contributed by atoms with Crippen molar-refractivity contribution in [2.45, 2.75) is 31.3 Å². The molecule has 2 N–H and O–H groups in total. The third kappa shape index (κ3) is 1.48. The molecule has 1 heterocycles. The summed E-state index contributed by atoms with van der Waals surface area (Å²) in [4.78, 5) is 13.4. The molecule has 0 aromatic heterocycles.